The van der Waals surface area contributed by atoms with Gasteiger partial charge in [-0.15, -0.1) is 0 Å². The first kappa shape index (κ1) is 14.8. The monoisotopic (exact) mass is 350 g/mol. The first-order valence-corrected chi connectivity index (χ1v) is 8.16. The predicted octanol–water partition coefficient (Wildman–Crippen LogP) is 2.29. The number of hydrogen-bond acceptors (Lipinski definition) is 5. The molecule has 26 heavy (non-hydrogen) atoms. The Hall–Kier alpha value is -3.55. The third-order valence-corrected chi connectivity index (χ3v) is 4.48. The van der Waals surface area contributed by atoms with Crippen molar-refractivity contribution in [2.75, 3.05) is 17.4 Å². The number of rotatable bonds is 3. The molecule has 0 radical (unpaired) electrons. The van der Waals surface area contributed by atoms with Crippen molar-refractivity contribution >= 4 is 34.5 Å². The van der Waals surface area contributed by atoms with E-state index < -0.39 is 6.04 Å². The molecular weight excluding hydrogens is 336 g/mol. The van der Waals surface area contributed by atoms with Gasteiger partial charge in [0.25, 0.3) is 0 Å². The summed E-state index contributed by atoms with van der Waals surface area (Å²) in [5.74, 6) is 1.20. The zero-order valence-corrected chi connectivity index (χ0v) is 13.6. The van der Waals surface area contributed by atoms with Crippen molar-refractivity contribution in [2.45, 2.75) is 12.5 Å². The lowest BCUT2D eigenvalue weighted by atomic mass is 10.1. The SMILES string of the molecule is O=C(C[C@@H]1C(=O)Nc2nc3ccccc3n21)Nc1ccc2c(c1)OCO2. The summed E-state index contributed by atoms with van der Waals surface area (Å²) in [5.41, 5.74) is 2.19. The quantitative estimate of drug-likeness (QED) is 0.756. The largest absolute Gasteiger partial charge is 0.454 e. The van der Waals surface area contributed by atoms with Crippen LogP contribution < -0.4 is 20.1 Å². The molecule has 1 atom stereocenters. The maximum absolute atomic E-state index is 12.5. The van der Waals surface area contributed by atoms with Gasteiger partial charge in [-0.1, -0.05) is 12.1 Å². The fourth-order valence-electron chi connectivity index (χ4n) is 3.30. The number of para-hydroxylation sites is 2. The van der Waals surface area contributed by atoms with E-state index in [9.17, 15) is 9.59 Å². The second kappa shape index (κ2) is 5.48. The van der Waals surface area contributed by atoms with Crippen LogP contribution in [0.3, 0.4) is 0 Å². The lowest BCUT2D eigenvalue weighted by Gasteiger charge is -2.12. The highest BCUT2D eigenvalue weighted by Gasteiger charge is 2.34. The lowest BCUT2D eigenvalue weighted by Crippen LogP contribution is -2.23. The molecule has 5 rings (SSSR count). The molecule has 0 aliphatic carbocycles. The molecule has 0 saturated carbocycles. The second-order valence-electron chi connectivity index (χ2n) is 6.12. The van der Waals surface area contributed by atoms with Gasteiger partial charge in [-0.2, -0.15) is 0 Å². The smallest absolute Gasteiger partial charge is 0.250 e. The van der Waals surface area contributed by atoms with Crippen LogP contribution in [0.15, 0.2) is 42.5 Å². The van der Waals surface area contributed by atoms with Crippen molar-refractivity contribution < 1.29 is 19.1 Å². The highest BCUT2D eigenvalue weighted by atomic mass is 16.7. The maximum Gasteiger partial charge on any atom is 0.250 e. The van der Waals surface area contributed by atoms with Gasteiger partial charge in [0.1, 0.15) is 6.04 Å². The van der Waals surface area contributed by atoms with E-state index in [-0.39, 0.29) is 25.0 Å². The van der Waals surface area contributed by atoms with E-state index in [1.54, 1.807) is 22.8 Å². The van der Waals surface area contributed by atoms with Gasteiger partial charge in [0.2, 0.25) is 24.6 Å². The van der Waals surface area contributed by atoms with Crippen molar-refractivity contribution in [3.63, 3.8) is 0 Å². The molecule has 2 aromatic carbocycles. The number of fused-ring (bicyclic) bond motifs is 4. The number of ether oxygens (including phenoxy) is 2. The van der Waals surface area contributed by atoms with Crippen LogP contribution in [0, 0.1) is 0 Å². The van der Waals surface area contributed by atoms with Gasteiger partial charge >= 0.3 is 0 Å². The normalized spacial score (nSPS) is 17.2. The maximum atomic E-state index is 12.5. The zero-order chi connectivity index (χ0) is 17.7. The molecular formula is C18H14N4O4. The summed E-state index contributed by atoms with van der Waals surface area (Å²) in [6.07, 6.45) is 0.00757. The molecule has 0 saturated heterocycles. The van der Waals surface area contributed by atoms with E-state index in [2.05, 4.69) is 15.6 Å². The van der Waals surface area contributed by atoms with E-state index in [1.165, 1.54) is 0 Å². The van der Waals surface area contributed by atoms with Crippen molar-refractivity contribution in [1.29, 1.82) is 0 Å². The van der Waals surface area contributed by atoms with E-state index in [1.807, 2.05) is 24.3 Å². The summed E-state index contributed by atoms with van der Waals surface area (Å²) >= 11 is 0. The zero-order valence-electron chi connectivity index (χ0n) is 13.6. The molecule has 3 aromatic rings. The first-order chi connectivity index (χ1) is 12.7. The van der Waals surface area contributed by atoms with Crippen LogP contribution in [0.4, 0.5) is 11.6 Å². The average Bonchev–Trinajstić information content (AvgIpc) is 3.29. The molecule has 2 amide bonds. The number of imidazole rings is 1. The van der Waals surface area contributed by atoms with E-state index >= 15 is 0 Å². The summed E-state index contributed by atoms with van der Waals surface area (Å²) in [7, 11) is 0. The van der Waals surface area contributed by atoms with Crippen molar-refractivity contribution in [3.8, 4) is 11.5 Å². The summed E-state index contributed by atoms with van der Waals surface area (Å²) in [6.45, 7) is 0.172. The van der Waals surface area contributed by atoms with Crippen LogP contribution in [-0.2, 0) is 9.59 Å². The minimum atomic E-state index is -0.633. The Bertz CT molecular complexity index is 1060. The Morgan fingerprint density at radius 2 is 2.08 bits per heavy atom. The fraction of sp³-hybridized carbons (Fsp3) is 0.167. The standard InChI is InChI=1S/C18H14N4O4/c23-16(19-10-5-6-14-15(7-10)26-9-25-14)8-13-17(24)21-18-20-11-3-1-2-4-12(11)22(13)18/h1-7,13H,8-9H2,(H,19,23)(H,20,21,24)/t13-/m1/s1. The molecule has 2 aliphatic heterocycles. The molecule has 0 bridgehead atoms. The molecule has 0 spiro atoms. The molecule has 2 N–H and O–H groups in total. The Balaban J connectivity index is 1.38. The molecule has 3 heterocycles. The Morgan fingerprint density at radius 1 is 1.23 bits per heavy atom. The minimum absolute atomic E-state index is 0.00757. The average molecular weight is 350 g/mol. The molecule has 8 heteroatoms. The van der Waals surface area contributed by atoms with E-state index in [0.29, 0.717) is 23.1 Å². The number of nitrogens with zero attached hydrogens (tertiary/aromatic N) is 2. The first-order valence-electron chi connectivity index (χ1n) is 8.16. The van der Waals surface area contributed by atoms with Crippen LogP contribution in [0.5, 0.6) is 11.5 Å². The molecule has 2 aliphatic rings. The van der Waals surface area contributed by atoms with Crippen LogP contribution in [0.2, 0.25) is 0 Å². The number of anilines is 2. The van der Waals surface area contributed by atoms with Crippen LogP contribution in [-0.4, -0.2) is 28.2 Å². The number of aromatic nitrogens is 2. The summed E-state index contributed by atoms with van der Waals surface area (Å²) in [6, 6.07) is 12.1. The molecule has 1 aromatic heterocycles. The molecule has 130 valence electrons. The molecule has 0 unspecified atom stereocenters. The molecule has 0 fully saturated rings. The number of amides is 2. The highest BCUT2D eigenvalue weighted by molar-refractivity contribution is 6.03. The third kappa shape index (κ3) is 2.26. The Kier molecular flexibility index (Phi) is 3.11. The number of hydrogen-bond donors (Lipinski definition) is 2. The van der Waals surface area contributed by atoms with E-state index in [0.717, 1.165) is 11.0 Å². The number of nitrogens with one attached hydrogen (secondary N) is 2. The van der Waals surface area contributed by atoms with Gasteiger partial charge in [-0.3, -0.25) is 19.5 Å². The second-order valence-corrected chi connectivity index (χ2v) is 6.12. The highest BCUT2D eigenvalue weighted by Crippen LogP contribution is 2.35. The number of benzene rings is 2. The fourth-order valence-corrected chi connectivity index (χ4v) is 3.30. The summed E-state index contributed by atoms with van der Waals surface area (Å²) < 4.78 is 12.3. The van der Waals surface area contributed by atoms with Gasteiger partial charge in [0.15, 0.2) is 11.5 Å². The number of carbonyl (C=O) groups is 2. The van der Waals surface area contributed by atoms with Gasteiger partial charge in [0.05, 0.1) is 17.5 Å². The van der Waals surface area contributed by atoms with E-state index in [4.69, 9.17) is 9.47 Å². The topological polar surface area (TPSA) is 94.5 Å². The van der Waals surface area contributed by atoms with Gasteiger partial charge in [-0.05, 0) is 24.3 Å². The van der Waals surface area contributed by atoms with Gasteiger partial charge in [-0.25, -0.2) is 4.98 Å². The van der Waals surface area contributed by atoms with Crippen LogP contribution in [0.1, 0.15) is 12.5 Å². The summed E-state index contributed by atoms with van der Waals surface area (Å²) in [5, 5.41) is 5.54. The third-order valence-electron chi connectivity index (χ3n) is 4.48. The van der Waals surface area contributed by atoms with Crippen LogP contribution in [0.25, 0.3) is 11.0 Å². The lowest BCUT2D eigenvalue weighted by molar-refractivity contribution is -0.123. The summed E-state index contributed by atoms with van der Waals surface area (Å²) in [4.78, 5) is 29.2. The molecule has 8 nitrogen and oxygen atoms in total. The minimum Gasteiger partial charge on any atom is -0.454 e. The number of carbonyl (C=O) groups excluding carboxylic acids is 2. The predicted molar refractivity (Wildman–Crippen MR) is 93.2 cm³/mol. The van der Waals surface area contributed by atoms with Crippen LogP contribution >= 0.6 is 0 Å². The van der Waals surface area contributed by atoms with Crippen molar-refractivity contribution in [2.24, 2.45) is 0 Å². The van der Waals surface area contributed by atoms with Gasteiger partial charge in [0, 0.05) is 11.8 Å². The Morgan fingerprint density at radius 3 is 3.00 bits per heavy atom. The van der Waals surface area contributed by atoms with Gasteiger partial charge < -0.3 is 14.8 Å². The Labute approximate surface area is 147 Å². The van der Waals surface area contributed by atoms with Crippen molar-refractivity contribution in [1.82, 2.24) is 9.55 Å². The van der Waals surface area contributed by atoms with Crippen molar-refractivity contribution in [3.05, 3.63) is 42.5 Å².